The van der Waals surface area contributed by atoms with Crippen molar-refractivity contribution in [2.75, 3.05) is 6.54 Å². The minimum atomic E-state index is -0.842. The molecular weight excluding hydrogens is 306 g/mol. The van der Waals surface area contributed by atoms with Crippen LogP contribution in [0.2, 0.25) is 0 Å². The van der Waals surface area contributed by atoms with Crippen LogP contribution in [0.1, 0.15) is 35.0 Å². The minimum absolute atomic E-state index is 0.149. The average Bonchev–Trinajstić information content (AvgIpc) is 3.10. The van der Waals surface area contributed by atoms with Crippen LogP contribution in [-0.2, 0) is 4.79 Å². The topological polar surface area (TPSA) is 75.4 Å². The summed E-state index contributed by atoms with van der Waals surface area (Å²) in [6.45, 7) is 6.12. The molecule has 126 valence electrons. The van der Waals surface area contributed by atoms with E-state index in [9.17, 15) is 14.7 Å². The van der Waals surface area contributed by atoms with Gasteiger partial charge < -0.3 is 10.0 Å². The van der Waals surface area contributed by atoms with E-state index < -0.39 is 11.9 Å². The molecule has 0 bridgehead atoms. The molecule has 2 aromatic rings. The monoisotopic (exact) mass is 327 g/mol. The Balaban J connectivity index is 1.91. The number of aryl methyl sites for hydroxylation is 1. The SMILES string of the molecule is Cc1ccccc1-n1ncc(C(=O)N2CCC(C(=O)O)C2C)c1C. The fourth-order valence-electron chi connectivity index (χ4n) is 3.37. The Kier molecular flexibility index (Phi) is 4.13. The highest BCUT2D eigenvalue weighted by atomic mass is 16.4. The van der Waals surface area contributed by atoms with Crippen molar-refractivity contribution >= 4 is 11.9 Å². The van der Waals surface area contributed by atoms with Crippen molar-refractivity contribution in [3.05, 3.63) is 47.3 Å². The molecule has 1 saturated heterocycles. The third-order valence-electron chi connectivity index (χ3n) is 4.92. The van der Waals surface area contributed by atoms with E-state index in [0.717, 1.165) is 16.9 Å². The lowest BCUT2D eigenvalue weighted by molar-refractivity contribution is -0.142. The molecule has 6 nitrogen and oxygen atoms in total. The molecule has 2 heterocycles. The van der Waals surface area contributed by atoms with Gasteiger partial charge >= 0.3 is 5.97 Å². The van der Waals surface area contributed by atoms with E-state index >= 15 is 0 Å². The molecule has 0 radical (unpaired) electrons. The van der Waals surface area contributed by atoms with Gasteiger partial charge in [-0.15, -0.1) is 0 Å². The molecule has 3 rings (SSSR count). The Morgan fingerprint density at radius 3 is 2.58 bits per heavy atom. The number of carbonyl (C=O) groups is 2. The molecule has 2 unspecified atom stereocenters. The van der Waals surface area contributed by atoms with Crippen molar-refractivity contribution in [2.24, 2.45) is 5.92 Å². The van der Waals surface area contributed by atoms with Crippen molar-refractivity contribution in [2.45, 2.75) is 33.2 Å². The summed E-state index contributed by atoms with van der Waals surface area (Å²) in [6.07, 6.45) is 2.07. The number of nitrogens with zero attached hydrogens (tertiary/aromatic N) is 3. The van der Waals surface area contributed by atoms with Crippen LogP contribution in [-0.4, -0.2) is 44.3 Å². The third-order valence-corrected chi connectivity index (χ3v) is 4.92. The lowest BCUT2D eigenvalue weighted by Crippen LogP contribution is -2.37. The number of benzene rings is 1. The van der Waals surface area contributed by atoms with Crippen LogP contribution >= 0.6 is 0 Å². The van der Waals surface area contributed by atoms with E-state index in [1.165, 1.54) is 0 Å². The standard InChI is InChI=1S/C18H21N3O3/c1-11-6-4-5-7-16(11)21-13(3)15(10-19-21)17(22)20-9-8-14(12(20)2)18(23)24/h4-7,10,12,14H,8-9H2,1-3H3,(H,23,24). The molecule has 6 heteroatoms. The lowest BCUT2D eigenvalue weighted by atomic mass is 10.0. The molecule has 1 aliphatic rings. The third kappa shape index (κ3) is 2.58. The first-order valence-corrected chi connectivity index (χ1v) is 8.06. The number of carboxylic acids is 1. The molecule has 1 amide bonds. The summed E-state index contributed by atoms with van der Waals surface area (Å²) >= 11 is 0. The van der Waals surface area contributed by atoms with Crippen molar-refractivity contribution < 1.29 is 14.7 Å². The number of hydrogen-bond acceptors (Lipinski definition) is 3. The number of carboxylic acid groups (broad SMARTS) is 1. The van der Waals surface area contributed by atoms with E-state index in [4.69, 9.17) is 0 Å². The smallest absolute Gasteiger partial charge is 0.308 e. The molecule has 1 aromatic carbocycles. The van der Waals surface area contributed by atoms with Crippen LogP contribution in [0.15, 0.2) is 30.5 Å². The van der Waals surface area contributed by atoms with Gasteiger partial charge in [-0.25, -0.2) is 4.68 Å². The van der Waals surface area contributed by atoms with E-state index in [1.54, 1.807) is 22.7 Å². The van der Waals surface area contributed by atoms with Crippen molar-refractivity contribution in [1.82, 2.24) is 14.7 Å². The Bertz CT molecular complexity index is 797. The first-order valence-electron chi connectivity index (χ1n) is 8.06. The highest BCUT2D eigenvalue weighted by Crippen LogP contribution is 2.27. The summed E-state index contributed by atoms with van der Waals surface area (Å²) in [5, 5.41) is 13.6. The van der Waals surface area contributed by atoms with Crippen molar-refractivity contribution in [1.29, 1.82) is 0 Å². The Labute approximate surface area is 140 Å². The molecule has 24 heavy (non-hydrogen) atoms. The highest BCUT2D eigenvalue weighted by molar-refractivity contribution is 5.96. The number of hydrogen-bond donors (Lipinski definition) is 1. The number of rotatable bonds is 3. The fraction of sp³-hybridized carbons (Fsp3) is 0.389. The van der Waals surface area contributed by atoms with Crippen LogP contribution < -0.4 is 0 Å². The predicted molar refractivity (Wildman–Crippen MR) is 89.3 cm³/mol. The molecule has 1 aromatic heterocycles. The maximum absolute atomic E-state index is 12.9. The number of amides is 1. The van der Waals surface area contributed by atoms with Gasteiger partial charge in [0.25, 0.3) is 5.91 Å². The summed E-state index contributed by atoms with van der Waals surface area (Å²) in [7, 11) is 0. The van der Waals surface area contributed by atoms with Gasteiger partial charge in [-0.2, -0.15) is 5.10 Å². The minimum Gasteiger partial charge on any atom is -0.481 e. The van der Waals surface area contributed by atoms with E-state index in [-0.39, 0.29) is 11.9 Å². The molecule has 0 saturated carbocycles. The van der Waals surface area contributed by atoms with Crippen molar-refractivity contribution in [3.8, 4) is 5.69 Å². The summed E-state index contributed by atoms with van der Waals surface area (Å²) in [4.78, 5) is 25.8. The van der Waals surface area contributed by atoms with Gasteiger partial charge in [0.2, 0.25) is 0 Å². The second-order valence-electron chi connectivity index (χ2n) is 6.31. The fourth-order valence-corrected chi connectivity index (χ4v) is 3.37. The largest absolute Gasteiger partial charge is 0.481 e. The van der Waals surface area contributed by atoms with Gasteiger partial charge in [0, 0.05) is 12.6 Å². The van der Waals surface area contributed by atoms with Crippen LogP contribution in [0.25, 0.3) is 5.69 Å². The number of aromatic nitrogens is 2. The van der Waals surface area contributed by atoms with E-state index in [1.807, 2.05) is 38.1 Å². The van der Waals surface area contributed by atoms with Gasteiger partial charge in [-0.3, -0.25) is 9.59 Å². The number of para-hydroxylation sites is 1. The normalized spacial score (nSPS) is 20.4. The molecule has 2 atom stereocenters. The number of carbonyl (C=O) groups excluding carboxylic acids is 1. The average molecular weight is 327 g/mol. The number of likely N-dealkylation sites (tertiary alicyclic amines) is 1. The Morgan fingerprint density at radius 2 is 1.96 bits per heavy atom. The van der Waals surface area contributed by atoms with Crippen LogP contribution in [0, 0.1) is 19.8 Å². The summed E-state index contributed by atoms with van der Waals surface area (Å²) in [5.74, 6) is -1.49. The first kappa shape index (κ1) is 16.2. The Hall–Kier alpha value is -2.63. The van der Waals surface area contributed by atoms with Gasteiger partial charge in [0.1, 0.15) is 0 Å². The maximum Gasteiger partial charge on any atom is 0.308 e. The van der Waals surface area contributed by atoms with Gasteiger partial charge in [0.15, 0.2) is 0 Å². The molecule has 1 aliphatic heterocycles. The quantitative estimate of drug-likeness (QED) is 0.939. The van der Waals surface area contributed by atoms with Gasteiger partial charge in [-0.1, -0.05) is 18.2 Å². The zero-order valence-corrected chi connectivity index (χ0v) is 14.1. The highest BCUT2D eigenvalue weighted by Gasteiger charge is 2.39. The second-order valence-corrected chi connectivity index (χ2v) is 6.31. The van der Waals surface area contributed by atoms with Crippen LogP contribution in [0.5, 0.6) is 0 Å². The molecule has 0 aliphatic carbocycles. The van der Waals surface area contributed by atoms with E-state index in [2.05, 4.69) is 5.10 Å². The van der Waals surface area contributed by atoms with Crippen LogP contribution in [0.3, 0.4) is 0 Å². The van der Waals surface area contributed by atoms with E-state index in [0.29, 0.717) is 18.5 Å². The molecular formula is C18H21N3O3. The van der Waals surface area contributed by atoms with Crippen molar-refractivity contribution in [3.63, 3.8) is 0 Å². The molecule has 1 fully saturated rings. The summed E-state index contributed by atoms with van der Waals surface area (Å²) in [6, 6.07) is 7.55. The zero-order chi connectivity index (χ0) is 17.4. The summed E-state index contributed by atoms with van der Waals surface area (Å²) in [5.41, 5.74) is 3.30. The number of aliphatic carboxylic acids is 1. The molecule has 1 N–H and O–H groups in total. The zero-order valence-electron chi connectivity index (χ0n) is 14.1. The van der Waals surface area contributed by atoms with Gasteiger partial charge in [0.05, 0.1) is 29.1 Å². The lowest BCUT2D eigenvalue weighted by Gasteiger charge is -2.23. The maximum atomic E-state index is 12.9. The van der Waals surface area contributed by atoms with Gasteiger partial charge in [-0.05, 0) is 38.8 Å². The Morgan fingerprint density at radius 1 is 1.25 bits per heavy atom. The summed E-state index contributed by atoms with van der Waals surface area (Å²) < 4.78 is 1.76. The first-order chi connectivity index (χ1) is 11.4. The molecule has 0 spiro atoms. The second kappa shape index (κ2) is 6.11. The van der Waals surface area contributed by atoms with Crippen LogP contribution in [0.4, 0.5) is 0 Å². The predicted octanol–water partition coefficient (Wildman–Crippen LogP) is 2.42.